The Morgan fingerprint density at radius 3 is 1.18 bits per heavy atom. The van der Waals surface area contributed by atoms with Gasteiger partial charge in [0, 0.05) is 47.1 Å². The molecule has 252 valence electrons. The second-order valence-corrected chi connectivity index (χ2v) is 4.93. The molecule has 0 atom stereocenters. The molecule has 0 unspecified atom stereocenters. The molecule has 2 saturated heterocycles. The minimum absolute atomic E-state index is 0. The second kappa shape index (κ2) is 70.3. The van der Waals surface area contributed by atoms with Crippen LogP contribution in [0.25, 0.3) is 0 Å². The Kier molecular flexibility index (Phi) is 168. The van der Waals surface area contributed by atoms with Crippen LogP contribution < -0.4 is 32.7 Å². The Hall–Kier alpha value is -1.70. The van der Waals surface area contributed by atoms with Crippen molar-refractivity contribution < 1.29 is 19.1 Å². The van der Waals surface area contributed by atoms with E-state index in [1.165, 1.54) is 0 Å². The van der Waals surface area contributed by atoms with Gasteiger partial charge < -0.3 is 47.1 Å². The first kappa shape index (κ1) is 91.0. The molecule has 2 aliphatic heterocycles. The van der Waals surface area contributed by atoms with Crippen LogP contribution in [-0.4, -0.2) is 103 Å². The van der Waals surface area contributed by atoms with E-state index in [9.17, 15) is 9.59 Å². The Balaban J connectivity index is -0.0000000159. The summed E-state index contributed by atoms with van der Waals surface area (Å²) in [6.07, 6.45) is 0. The van der Waals surface area contributed by atoms with Gasteiger partial charge in [-0.1, -0.05) is 89.1 Å². The van der Waals surface area contributed by atoms with Crippen LogP contribution in [0.5, 0.6) is 0 Å². The first-order valence-electron chi connectivity index (χ1n) is 8.24. The fraction of sp³-hybridized carbons (Fsp3) is 0.923. The van der Waals surface area contributed by atoms with Gasteiger partial charge >= 0.3 is 12.1 Å². The van der Waals surface area contributed by atoms with E-state index in [4.69, 9.17) is 16.2 Å². The number of hydrogen-bond donors (Lipinski definition) is 6. The highest BCUT2D eigenvalue weighted by atomic mass is 16.5. The number of nitrogens with zero attached hydrogens (tertiary/aromatic N) is 2. The molecule has 0 aliphatic carbocycles. The lowest BCUT2D eigenvalue weighted by Crippen LogP contribution is -2.34. The molecule has 12 nitrogen and oxygen atoms in total. The van der Waals surface area contributed by atoms with Gasteiger partial charge in [0.25, 0.3) is 0 Å². The highest BCUT2D eigenvalue weighted by molar-refractivity contribution is 5.76. The van der Waals surface area contributed by atoms with Crippen molar-refractivity contribution >= 4 is 12.1 Å². The molecule has 0 saturated carbocycles. The van der Waals surface area contributed by atoms with Gasteiger partial charge in [0.05, 0.1) is 13.4 Å². The van der Waals surface area contributed by atoms with Crippen LogP contribution in [0.15, 0.2) is 0 Å². The number of nitrogens with one attached hydrogen (secondary N) is 4. The van der Waals surface area contributed by atoms with Crippen LogP contribution in [0, 0.1) is 0 Å². The third kappa shape index (κ3) is 55.0. The van der Waals surface area contributed by atoms with E-state index in [2.05, 4.69) is 26.0 Å². The standard InChI is InChI=1S/C5H11N3O.C5H10N2O2.C2H8N2.C2H7NO.12CH4/c1-6-4-8-3-2-7-5(8)9;1-9-4-7-3-2-6-5(7)8;2*1-4-2-3;;;;;;;;;;;;/h6H,2-4H2,1H3,(H,7,9);2-4H2,1H3,(H,6,8);4H,2-3H2,1H3;2-3H2,1H3;12*1H4. The number of nitrogens with two attached hydrogens (primary N) is 2. The van der Waals surface area contributed by atoms with Gasteiger partial charge in [-0.15, -0.1) is 0 Å². The van der Waals surface area contributed by atoms with Gasteiger partial charge in [0.1, 0.15) is 6.73 Å². The number of methoxy groups -OCH3 is 2. The summed E-state index contributed by atoms with van der Waals surface area (Å²) in [5.41, 5.74) is 9.72. The van der Waals surface area contributed by atoms with Crippen LogP contribution in [0.4, 0.5) is 9.59 Å². The Labute approximate surface area is 244 Å². The quantitative estimate of drug-likeness (QED) is 0.240. The minimum atomic E-state index is -0.0307. The highest BCUT2D eigenvalue weighted by Crippen LogP contribution is 1.94. The van der Waals surface area contributed by atoms with Crippen LogP contribution in [0.3, 0.4) is 0 Å². The molecule has 2 rings (SSSR count). The predicted molar refractivity (Wildman–Crippen MR) is 181 cm³/mol. The van der Waals surface area contributed by atoms with Gasteiger partial charge in [0.15, 0.2) is 0 Å². The van der Waals surface area contributed by atoms with Crippen molar-refractivity contribution in [1.29, 1.82) is 0 Å². The predicted octanol–water partition coefficient (Wildman–Crippen LogP) is 5.11. The zero-order chi connectivity index (χ0) is 20.2. The van der Waals surface area contributed by atoms with E-state index in [0.717, 1.165) is 26.2 Å². The van der Waals surface area contributed by atoms with E-state index < -0.39 is 0 Å². The summed E-state index contributed by atoms with van der Waals surface area (Å²) >= 11 is 0. The molecule has 0 aromatic heterocycles. The number of ether oxygens (including phenoxy) is 2. The number of rotatable bonds is 6. The second-order valence-electron chi connectivity index (χ2n) is 4.93. The molecular weight excluding hydrogens is 488 g/mol. The molecule has 2 aliphatic rings. The van der Waals surface area contributed by atoms with Crippen LogP contribution >= 0.6 is 0 Å². The van der Waals surface area contributed by atoms with Crippen molar-refractivity contribution in [2.45, 2.75) is 89.1 Å². The molecule has 8 N–H and O–H groups in total. The fourth-order valence-corrected chi connectivity index (χ4v) is 1.64. The molecule has 0 aromatic carbocycles. The van der Waals surface area contributed by atoms with Crippen molar-refractivity contribution in [3.8, 4) is 0 Å². The van der Waals surface area contributed by atoms with E-state index in [1.54, 1.807) is 31.1 Å². The first-order chi connectivity index (χ1) is 12.5. The topological polar surface area (TPSA) is 159 Å². The maximum Gasteiger partial charge on any atom is 0.319 e. The van der Waals surface area contributed by atoms with Gasteiger partial charge in [-0.25, -0.2) is 9.59 Å². The monoisotopic (exact) mass is 573 g/mol. The van der Waals surface area contributed by atoms with Gasteiger partial charge in [0.2, 0.25) is 0 Å². The number of carbonyl (C=O) groups excluding carboxylic acids is 2. The summed E-state index contributed by atoms with van der Waals surface area (Å²) < 4.78 is 9.08. The van der Waals surface area contributed by atoms with Crippen molar-refractivity contribution in [1.82, 2.24) is 31.1 Å². The lowest BCUT2D eigenvalue weighted by molar-refractivity contribution is 0.0969. The molecule has 0 radical (unpaired) electrons. The maximum atomic E-state index is 10.7. The minimum Gasteiger partial charge on any atom is -0.370 e. The van der Waals surface area contributed by atoms with E-state index >= 15 is 0 Å². The molecule has 0 spiro atoms. The van der Waals surface area contributed by atoms with Crippen LogP contribution in [0.2, 0.25) is 0 Å². The third-order valence-corrected chi connectivity index (χ3v) is 2.90. The number of urea groups is 2. The smallest absolute Gasteiger partial charge is 0.319 e. The SMILES string of the molecule is C.C.C.C.C.C.C.C.C.C.C.C.CNCN.CNCN1CCNC1=O.COCN.COCN1CCNC1=O. The van der Waals surface area contributed by atoms with Crippen molar-refractivity contribution in [3.05, 3.63) is 0 Å². The third-order valence-electron chi connectivity index (χ3n) is 2.90. The zero-order valence-electron chi connectivity index (χ0n) is 16.3. The molecule has 0 bridgehead atoms. The first-order valence-corrected chi connectivity index (χ1v) is 8.24. The molecule has 4 amide bonds. The summed E-state index contributed by atoms with van der Waals surface area (Å²) in [5, 5.41) is 11.0. The summed E-state index contributed by atoms with van der Waals surface area (Å²) in [6, 6.07) is 0.00111. The molecular formula is C26H84N8O4. The average molecular weight is 573 g/mol. The number of carbonyl (C=O) groups is 2. The molecule has 2 heterocycles. The number of hydrogen-bond acceptors (Lipinski definition) is 8. The fourth-order valence-electron chi connectivity index (χ4n) is 1.64. The van der Waals surface area contributed by atoms with Crippen molar-refractivity contribution in [2.24, 2.45) is 11.5 Å². The highest BCUT2D eigenvalue weighted by Gasteiger charge is 2.18. The maximum absolute atomic E-state index is 10.7. The Morgan fingerprint density at radius 2 is 1.00 bits per heavy atom. The Bertz CT molecular complexity index is 321. The van der Waals surface area contributed by atoms with E-state index in [-0.39, 0.29) is 101 Å². The van der Waals surface area contributed by atoms with E-state index in [0.29, 0.717) is 26.8 Å². The average Bonchev–Trinajstić information content (AvgIpc) is 3.25. The largest absolute Gasteiger partial charge is 0.370 e. The summed E-state index contributed by atoms with van der Waals surface area (Å²) in [4.78, 5) is 24.8. The lowest BCUT2D eigenvalue weighted by atomic mass is 10.6. The van der Waals surface area contributed by atoms with E-state index in [1.807, 2.05) is 7.05 Å². The summed E-state index contributed by atoms with van der Waals surface area (Å²) in [6.45, 7) is 5.02. The zero-order valence-corrected chi connectivity index (χ0v) is 16.3. The molecule has 38 heavy (non-hydrogen) atoms. The Morgan fingerprint density at radius 1 is 0.684 bits per heavy atom. The molecule has 2 fully saturated rings. The van der Waals surface area contributed by atoms with Gasteiger partial charge in [-0.05, 0) is 14.1 Å². The lowest BCUT2D eigenvalue weighted by Gasteiger charge is -2.11. The summed E-state index contributed by atoms with van der Waals surface area (Å²) in [5.74, 6) is 0. The van der Waals surface area contributed by atoms with Gasteiger partial charge in [-0.3, -0.25) is 4.90 Å². The molecule has 0 aromatic rings. The van der Waals surface area contributed by atoms with Crippen LogP contribution in [0.1, 0.15) is 89.1 Å². The van der Waals surface area contributed by atoms with Gasteiger partial charge in [-0.2, -0.15) is 0 Å². The van der Waals surface area contributed by atoms with Crippen molar-refractivity contribution in [3.63, 3.8) is 0 Å². The number of amides is 4. The molecule has 12 heteroatoms. The summed E-state index contributed by atoms with van der Waals surface area (Å²) in [7, 11) is 6.76. The van der Waals surface area contributed by atoms with Crippen LogP contribution in [-0.2, 0) is 9.47 Å². The normalized spacial score (nSPS) is 10.3. The van der Waals surface area contributed by atoms with Crippen molar-refractivity contribution in [2.75, 3.05) is 81.3 Å².